The number of amides is 2. The number of carbonyl (C=O) groups is 1. The number of aliphatic hydroxyl groups excluding tert-OH is 1. The van der Waals surface area contributed by atoms with Gasteiger partial charge in [0.05, 0.1) is 6.10 Å². The highest BCUT2D eigenvalue weighted by molar-refractivity contribution is 5.89. The Kier molecular flexibility index (Phi) is 7.04. The summed E-state index contributed by atoms with van der Waals surface area (Å²) in [6.45, 7) is 2.82. The number of carbonyl (C=O) groups excluding carboxylic acids is 1. The molecule has 0 radical (unpaired) electrons. The van der Waals surface area contributed by atoms with Crippen LogP contribution in [0.3, 0.4) is 0 Å². The van der Waals surface area contributed by atoms with Gasteiger partial charge in [-0.2, -0.15) is 8.78 Å². The van der Waals surface area contributed by atoms with E-state index in [9.17, 15) is 18.7 Å². The van der Waals surface area contributed by atoms with Crippen LogP contribution in [0.5, 0.6) is 5.75 Å². The van der Waals surface area contributed by atoms with Crippen LogP contribution in [0.25, 0.3) is 0 Å². The number of rotatable bonds is 7. The first-order valence-corrected chi connectivity index (χ1v) is 7.08. The molecule has 1 aromatic carbocycles. The second-order valence-electron chi connectivity index (χ2n) is 5.34. The molecule has 1 atom stereocenters. The summed E-state index contributed by atoms with van der Waals surface area (Å²) in [6.07, 6.45) is -0.0376. The molecule has 0 heterocycles. The van der Waals surface area contributed by atoms with Gasteiger partial charge in [0.15, 0.2) is 0 Å². The van der Waals surface area contributed by atoms with Crippen LogP contribution in [-0.2, 0) is 0 Å². The van der Waals surface area contributed by atoms with Crippen molar-refractivity contribution in [3.8, 4) is 5.75 Å². The van der Waals surface area contributed by atoms with E-state index in [-0.39, 0.29) is 11.7 Å². The van der Waals surface area contributed by atoms with Crippen LogP contribution in [0.4, 0.5) is 19.3 Å². The minimum atomic E-state index is -2.92. The largest absolute Gasteiger partial charge is 0.434 e. The van der Waals surface area contributed by atoms with Crippen molar-refractivity contribution in [1.82, 2.24) is 5.32 Å². The number of aryl methyl sites for hydroxylation is 1. The van der Waals surface area contributed by atoms with Crippen LogP contribution in [0.2, 0.25) is 0 Å². The summed E-state index contributed by atoms with van der Waals surface area (Å²) in [5.74, 6) is 0.138. The third-order valence-corrected chi connectivity index (χ3v) is 3.16. The number of alkyl halides is 2. The Hall–Kier alpha value is -1.89. The molecule has 0 bridgehead atoms. The van der Waals surface area contributed by atoms with Gasteiger partial charge in [0.2, 0.25) is 0 Å². The second-order valence-corrected chi connectivity index (χ2v) is 5.34. The number of ether oxygens (including phenoxy) is 1. The van der Waals surface area contributed by atoms with Crippen molar-refractivity contribution in [2.75, 3.05) is 11.9 Å². The summed E-state index contributed by atoms with van der Waals surface area (Å²) < 4.78 is 28.9. The molecule has 1 unspecified atom stereocenters. The maximum Gasteiger partial charge on any atom is 0.387 e. The zero-order chi connectivity index (χ0) is 16.7. The molecule has 0 saturated heterocycles. The molecule has 0 fully saturated rings. The Morgan fingerprint density at radius 1 is 1.36 bits per heavy atom. The molecular formula is C15H22F2N2O3. The Morgan fingerprint density at radius 2 is 2.05 bits per heavy atom. The fourth-order valence-electron chi connectivity index (χ4n) is 1.74. The van der Waals surface area contributed by atoms with E-state index in [0.29, 0.717) is 24.2 Å². The van der Waals surface area contributed by atoms with E-state index in [1.807, 2.05) is 13.8 Å². The predicted octanol–water partition coefficient (Wildman–Crippen LogP) is 3.12. The van der Waals surface area contributed by atoms with Crippen molar-refractivity contribution in [3.63, 3.8) is 0 Å². The quantitative estimate of drug-likeness (QED) is 0.724. The number of nitrogens with one attached hydrogen (secondary N) is 2. The average Bonchev–Trinajstić information content (AvgIpc) is 2.41. The van der Waals surface area contributed by atoms with Crippen LogP contribution in [-0.4, -0.2) is 30.4 Å². The number of halogens is 2. The van der Waals surface area contributed by atoms with Crippen molar-refractivity contribution in [1.29, 1.82) is 0 Å². The van der Waals surface area contributed by atoms with Crippen LogP contribution >= 0.6 is 0 Å². The summed E-state index contributed by atoms with van der Waals surface area (Å²) in [7, 11) is 0. The molecule has 0 aliphatic carbocycles. The van der Waals surface area contributed by atoms with E-state index in [2.05, 4.69) is 15.4 Å². The monoisotopic (exact) mass is 316 g/mol. The van der Waals surface area contributed by atoms with Crippen molar-refractivity contribution >= 4 is 11.7 Å². The number of hydrogen-bond acceptors (Lipinski definition) is 3. The maximum absolute atomic E-state index is 12.3. The molecule has 3 N–H and O–H groups in total. The van der Waals surface area contributed by atoms with Gasteiger partial charge in [0.25, 0.3) is 0 Å². The lowest BCUT2D eigenvalue weighted by Gasteiger charge is -2.15. The van der Waals surface area contributed by atoms with Gasteiger partial charge in [0, 0.05) is 18.3 Å². The average molecular weight is 316 g/mol. The number of aliphatic hydroxyl groups is 1. The van der Waals surface area contributed by atoms with Gasteiger partial charge in [0.1, 0.15) is 5.75 Å². The van der Waals surface area contributed by atoms with Gasteiger partial charge in [-0.05, 0) is 30.9 Å². The lowest BCUT2D eigenvalue weighted by atomic mass is 10.0. The fraction of sp³-hybridized carbons (Fsp3) is 0.533. The van der Waals surface area contributed by atoms with Crippen molar-refractivity contribution < 1.29 is 23.4 Å². The number of hydrogen-bond donors (Lipinski definition) is 3. The zero-order valence-corrected chi connectivity index (χ0v) is 12.9. The Balaban J connectivity index is 2.50. The SMILES string of the molecule is Cc1ccc(NC(=O)NCCC(O)C(C)C)cc1OC(F)F. The van der Waals surface area contributed by atoms with Gasteiger partial charge in [-0.25, -0.2) is 4.79 Å². The molecule has 5 nitrogen and oxygen atoms in total. The minimum absolute atomic E-state index is 0.0167. The molecule has 0 saturated carbocycles. The smallest absolute Gasteiger partial charge is 0.387 e. The molecule has 1 rings (SSSR count). The molecule has 1 aromatic rings. The summed E-state index contributed by atoms with van der Waals surface area (Å²) in [6, 6.07) is 4.04. The van der Waals surface area contributed by atoms with Crippen LogP contribution in [0.15, 0.2) is 18.2 Å². The summed E-state index contributed by atoms with van der Waals surface area (Å²) in [5, 5.41) is 14.7. The number of anilines is 1. The number of benzene rings is 1. The normalized spacial score (nSPS) is 12.4. The van der Waals surface area contributed by atoms with E-state index in [4.69, 9.17) is 0 Å². The first-order chi connectivity index (χ1) is 10.3. The zero-order valence-electron chi connectivity index (χ0n) is 12.9. The molecule has 2 amide bonds. The van der Waals surface area contributed by atoms with Crippen molar-refractivity contribution in [2.45, 2.75) is 39.9 Å². The van der Waals surface area contributed by atoms with Crippen molar-refractivity contribution in [2.24, 2.45) is 5.92 Å². The van der Waals surface area contributed by atoms with Crippen molar-refractivity contribution in [3.05, 3.63) is 23.8 Å². The first kappa shape index (κ1) is 18.2. The highest BCUT2D eigenvalue weighted by atomic mass is 19.3. The summed E-state index contributed by atoms with van der Waals surface area (Å²) >= 11 is 0. The van der Waals surface area contributed by atoms with Gasteiger partial charge in [-0.1, -0.05) is 19.9 Å². The maximum atomic E-state index is 12.3. The number of urea groups is 1. The molecule has 124 valence electrons. The standard InChI is InChI=1S/C15H22F2N2O3/c1-9(2)12(20)6-7-18-15(21)19-11-5-4-10(3)13(8-11)22-14(16)17/h4-5,8-9,12,14,20H,6-7H2,1-3H3,(H2,18,19,21). The summed E-state index contributed by atoms with van der Waals surface area (Å²) in [4.78, 5) is 11.7. The molecular weight excluding hydrogens is 294 g/mol. The van der Waals surface area contributed by atoms with Crippen LogP contribution in [0, 0.1) is 12.8 Å². The van der Waals surface area contributed by atoms with Gasteiger partial charge < -0.3 is 20.5 Å². The van der Waals surface area contributed by atoms with Gasteiger partial charge in [-0.3, -0.25) is 0 Å². The summed E-state index contributed by atoms with van der Waals surface area (Å²) in [5.41, 5.74) is 0.898. The molecule has 0 aliphatic heterocycles. The second kappa shape index (κ2) is 8.53. The Morgan fingerprint density at radius 3 is 2.64 bits per heavy atom. The van der Waals surface area contributed by atoms with Crippen LogP contribution in [0.1, 0.15) is 25.8 Å². The fourth-order valence-corrected chi connectivity index (χ4v) is 1.74. The molecule has 0 aliphatic rings. The third-order valence-electron chi connectivity index (χ3n) is 3.16. The minimum Gasteiger partial charge on any atom is -0.434 e. The third kappa shape index (κ3) is 6.26. The lowest BCUT2D eigenvalue weighted by Crippen LogP contribution is -2.32. The predicted molar refractivity (Wildman–Crippen MR) is 80.3 cm³/mol. The van der Waals surface area contributed by atoms with Gasteiger partial charge in [-0.15, -0.1) is 0 Å². The van der Waals surface area contributed by atoms with E-state index in [0.717, 1.165) is 0 Å². The van der Waals surface area contributed by atoms with E-state index in [1.165, 1.54) is 6.07 Å². The molecule has 0 spiro atoms. The highest BCUT2D eigenvalue weighted by Crippen LogP contribution is 2.24. The molecule has 0 aromatic heterocycles. The van der Waals surface area contributed by atoms with Gasteiger partial charge >= 0.3 is 12.6 Å². The Labute approximate surface area is 128 Å². The van der Waals surface area contributed by atoms with E-state index in [1.54, 1.807) is 19.1 Å². The highest BCUT2D eigenvalue weighted by Gasteiger charge is 2.11. The van der Waals surface area contributed by atoms with E-state index >= 15 is 0 Å². The van der Waals surface area contributed by atoms with Crippen LogP contribution < -0.4 is 15.4 Å². The molecule has 22 heavy (non-hydrogen) atoms. The van der Waals surface area contributed by atoms with E-state index < -0.39 is 18.7 Å². The first-order valence-electron chi connectivity index (χ1n) is 7.08. The Bertz CT molecular complexity index is 496. The molecule has 7 heteroatoms. The topological polar surface area (TPSA) is 70.6 Å². The lowest BCUT2D eigenvalue weighted by molar-refractivity contribution is -0.0502.